The van der Waals surface area contributed by atoms with Crippen LogP contribution >= 0.6 is 0 Å². The van der Waals surface area contributed by atoms with Gasteiger partial charge in [0.1, 0.15) is 6.33 Å². The highest BCUT2D eigenvalue weighted by atomic mass is 16.5. The molecular weight excluding hydrogens is 396 g/mol. The second-order valence-corrected chi connectivity index (χ2v) is 7.81. The van der Waals surface area contributed by atoms with Crippen molar-refractivity contribution in [2.24, 2.45) is 0 Å². The summed E-state index contributed by atoms with van der Waals surface area (Å²) in [4.78, 5) is 37.4. The molecule has 1 atom stereocenters. The average molecular weight is 425 g/mol. The number of amides is 2. The largest absolute Gasteiger partial charge is 0.491 e. The average Bonchev–Trinajstić information content (AvgIpc) is 3.13. The number of aromatic nitrogens is 2. The Balaban J connectivity index is 1.30. The summed E-state index contributed by atoms with van der Waals surface area (Å²) in [7, 11) is 3.24. The molecule has 1 fully saturated rings. The first-order chi connectivity index (χ1) is 15.1. The molecule has 0 aliphatic carbocycles. The predicted molar refractivity (Wildman–Crippen MR) is 118 cm³/mol. The SMILES string of the molecule is CNC(=O)c1ccc2c(c1)C(CCCN1CCN(c3ncncc3OC)CC1)C(=O)N2. The number of hydrogen-bond donors (Lipinski definition) is 2. The van der Waals surface area contributed by atoms with Gasteiger partial charge in [0.05, 0.1) is 19.2 Å². The molecule has 0 radical (unpaired) electrons. The standard InChI is InChI=1S/C22H28N6O3/c1-23-21(29)15-5-6-18-17(12-15)16(22(30)26-18)4-3-7-27-8-10-28(11-9-27)20-19(31-2)13-24-14-25-20/h5-6,12-14,16H,3-4,7-11H2,1-2H3,(H,23,29)(H,26,30). The minimum atomic E-state index is -0.203. The quantitative estimate of drug-likeness (QED) is 0.695. The van der Waals surface area contributed by atoms with Crippen molar-refractivity contribution in [1.82, 2.24) is 20.2 Å². The third-order valence-electron chi connectivity index (χ3n) is 6.01. The summed E-state index contributed by atoms with van der Waals surface area (Å²) in [5.41, 5.74) is 2.32. The number of carbonyl (C=O) groups excluding carboxylic acids is 2. The molecule has 1 saturated heterocycles. The fourth-order valence-corrected chi connectivity index (χ4v) is 4.29. The molecule has 31 heavy (non-hydrogen) atoms. The van der Waals surface area contributed by atoms with Gasteiger partial charge in [-0.3, -0.25) is 14.5 Å². The molecule has 3 heterocycles. The van der Waals surface area contributed by atoms with Gasteiger partial charge in [-0.25, -0.2) is 9.97 Å². The number of methoxy groups -OCH3 is 1. The van der Waals surface area contributed by atoms with Crippen LogP contribution in [-0.4, -0.2) is 73.6 Å². The number of benzene rings is 1. The van der Waals surface area contributed by atoms with Crippen molar-refractivity contribution < 1.29 is 14.3 Å². The maximum Gasteiger partial charge on any atom is 0.251 e. The highest BCUT2D eigenvalue weighted by Crippen LogP contribution is 2.36. The number of hydrogen-bond acceptors (Lipinski definition) is 7. The lowest BCUT2D eigenvalue weighted by Gasteiger charge is -2.35. The van der Waals surface area contributed by atoms with Gasteiger partial charge in [0.2, 0.25) is 5.91 Å². The van der Waals surface area contributed by atoms with Crippen LogP contribution < -0.4 is 20.3 Å². The topological polar surface area (TPSA) is 99.7 Å². The smallest absolute Gasteiger partial charge is 0.251 e. The molecule has 1 aromatic carbocycles. The van der Waals surface area contributed by atoms with Crippen LogP contribution in [0, 0.1) is 0 Å². The van der Waals surface area contributed by atoms with E-state index in [9.17, 15) is 9.59 Å². The summed E-state index contributed by atoms with van der Waals surface area (Å²) >= 11 is 0. The molecule has 2 aliphatic rings. The third kappa shape index (κ3) is 4.46. The lowest BCUT2D eigenvalue weighted by atomic mass is 9.94. The lowest BCUT2D eigenvalue weighted by molar-refractivity contribution is -0.117. The molecule has 1 unspecified atom stereocenters. The molecule has 0 spiro atoms. The summed E-state index contributed by atoms with van der Waals surface area (Å²) in [5.74, 6) is 1.20. The van der Waals surface area contributed by atoms with Crippen molar-refractivity contribution >= 4 is 23.3 Å². The first kappa shape index (κ1) is 21.0. The molecule has 2 N–H and O–H groups in total. The Kier molecular flexibility index (Phi) is 6.31. The van der Waals surface area contributed by atoms with Crippen LogP contribution in [0.15, 0.2) is 30.7 Å². The van der Waals surface area contributed by atoms with Gasteiger partial charge in [-0.1, -0.05) is 0 Å². The van der Waals surface area contributed by atoms with Gasteiger partial charge in [-0.2, -0.15) is 0 Å². The first-order valence-corrected chi connectivity index (χ1v) is 10.6. The number of nitrogens with one attached hydrogen (secondary N) is 2. The van der Waals surface area contributed by atoms with E-state index < -0.39 is 0 Å². The Morgan fingerprint density at radius 3 is 2.84 bits per heavy atom. The molecule has 164 valence electrons. The number of ether oxygens (including phenoxy) is 1. The van der Waals surface area contributed by atoms with E-state index in [1.54, 1.807) is 32.7 Å². The predicted octanol–water partition coefficient (Wildman–Crippen LogP) is 1.48. The molecule has 4 rings (SSSR count). The van der Waals surface area contributed by atoms with Crippen LogP contribution in [-0.2, 0) is 4.79 Å². The zero-order chi connectivity index (χ0) is 21.8. The van der Waals surface area contributed by atoms with E-state index in [2.05, 4.69) is 30.4 Å². The van der Waals surface area contributed by atoms with Gasteiger partial charge in [0, 0.05) is 44.5 Å². The van der Waals surface area contributed by atoms with E-state index in [0.29, 0.717) is 11.3 Å². The number of rotatable bonds is 7. The molecule has 0 bridgehead atoms. The molecule has 1 aromatic heterocycles. The Morgan fingerprint density at radius 1 is 1.29 bits per heavy atom. The number of fused-ring (bicyclic) bond motifs is 1. The molecule has 0 saturated carbocycles. The second kappa shape index (κ2) is 9.30. The monoisotopic (exact) mass is 424 g/mol. The van der Waals surface area contributed by atoms with Crippen LogP contribution in [0.4, 0.5) is 11.5 Å². The molecule has 2 amide bonds. The van der Waals surface area contributed by atoms with Crippen molar-refractivity contribution in [3.05, 3.63) is 41.9 Å². The number of nitrogens with zero attached hydrogens (tertiary/aromatic N) is 4. The van der Waals surface area contributed by atoms with Crippen molar-refractivity contribution in [2.45, 2.75) is 18.8 Å². The maximum absolute atomic E-state index is 12.5. The lowest BCUT2D eigenvalue weighted by Crippen LogP contribution is -2.47. The van der Waals surface area contributed by atoms with Gasteiger partial charge in [-0.05, 0) is 43.1 Å². The zero-order valence-corrected chi connectivity index (χ0v) is 17.9. The van der Waals surface area contributed by atoms with Gasteiger partial charge < -0.3 is 20.3 Å². The second-order valence-electron chi connectivity index (χ2n) is 7.81. The van der Waals surface area contributed by atoms with Crippen LogP contribution in [0.1, 0.15) is 34.7 Å². The maximum atomic E-state index is 12.5. The van der Waals surface area contributed by atoms with E-state index in [-0.39, 0.29) is 17.7 Å². The number of anilines is 2. The van der Waals surface area contributed by atoms with Crippen LogP contribution in [0.25, 0.3) is 0 Å². The zero-order valence-electron chi connectivity index (χ0n) is 17.9. The molecular formula is C22H28N6O3. The van der Waals surface area contributed by atoms with Gasteiger partial charge >= 0.3 is 0 Å². The summed E-state index contributed by atoms with van der Waals surface area (Å²) in [5, 5.41) is 5.58. The highest BCUT2D eigenvalue weighted by molar-refractivity contribution is 6.04. The number of carbonyl (C=O) groups is 2. The van der Waals surface area contributed by atoms with Gasteiger partial charge in [0.25, 0.3) is 5.91 Å². The molecule has 2 aromatic rings. The summed E-state index contributed by atoms with van der Waals surface area (Å²) < 4.78 is 5.37. The first-order valence-electron chi connectivity index (χ1n) is 10.6. The fourth-order valence-electron chi connectivity index (χ4n) is 4.29. The molecule has 9 heteroatoms. The fraction of sp³-hybridized carbons (Fsp3) is 0.455. The van der Waals surface area contributed by atoms with Gasteiger partial charge in [0.15, 0.2) is 11.6 Å². The minimum absolute atomic E-state index is 0.0183. The molecule has 2 aliphatic heterocycles. The van der Waals surface area contributed by atoms with E-state index in [0.717, 1.165) is 62.6 Å². The Morgan fingerprint density at radius 2 is 2.10 bits per heavy atom. The van der Waals surface area contributed by atoms with E-state index in [4.69, 9.17) is 4.74 Å². The third-order valence-corrected chi connectivity index (χ3v) is 6.01. The van der Waals surface area contributed by atoms with E-state index >= 15 is 0 Å². The van der Waals surface area contributed by atoms with Crippen molar-refractivity contribution in [1.29, 1.82) is 0 Å². The Bertz CT molecular complexity index is 958. The van der Waals surface area contributed by atoms with Crippen LogP contribution in [0.2, 0.25) is 0 Å². The highest BCUT2D eigenvalue weighted by Gasteiger charge is 2.31. The minimum Gasteiger partial charge on any atom is -0.491 e. The van der Waals surface area contributed by atoms with Gasteiger partial charge in [-0.15, -0.1) is 0 Å². The summed E-state index contributed by atoms with van der Waals surface area (Å²) in [6.45, 7) is 4.54. The summed E-state index contributed by atoms with van der Waals surface area (Å²) in [6, 6.07) is 5.40. The van der Waals surface area contributed by atoms with E-state index in [1.807, 2.05) is 12.1 Å². The summed E-state index contributed by atoms with van der Waals surface area (Å²) in [6.07, 6.45) is 4.91. The van der Waals surface area contributed by atoms with Crippen molar-refractivity contribution in [3.8, 4) is 5.75 Å². The Labute approximate surface area is 181 Å². The normalized spacial score (nSPS) is 18.5. The van der Waals surface area contributed by atoms with Crippen molar-refractivity contribution in [2.75, 3.05) is 57.1 Å². The Hall–Kier alpha value is -3.20. The molecule has 9 nitrogen and oxygen atoms in total. The van der Waals surface area contributed by atoms with Crippen LogP contribution in [0.5, 0.6) is 5.75 Å². The van der Waals surface area contributed by atoms with Crippen LogP contribution in [0.3, 0.4) is 0 Å². The number of piperazine rings is 1. The van der Waals surface area contributed by atoms with E-state index in [1.165, 1.54) is 0 Å². The van der Waals surface area contributed by atoms with Crippen molar-refractivity contribution in [3.63, 3.8) is 0 Å².